The third-order valence-corrected chi connectivity index (χ3v) is 3.08. The van der Waals surface area contributed by atoms with Crippen molar-refractivity contribution in [3.8, 4) is 0 Å². The van der Waals surface area contributed by atoms with Crippen molar-refractivity contribution in [1.29, 1.82) is 0 Å². The lowest BCUT2D eigenvalue weighted by atomic mass is 10.3. The summed E-state index contributed by atoms with van der Waals surface area (Å²) in [7, 11) is 1.52. The Bertz CT molecular complexity index is 405. The molecule has 8 heteroatoms. The van der Waals surface area contributed by atoms with Gasteiger partial charge in [-0.2, -0.15) is 13.2 Å². The van der Waals surface area contributed by atoms with Crippen LogP contribution in [-0.4, -0.2) is 34.0 Å². The first kappa shape index (κ1) is 13.9. The van der Waals surface area contributed by atoms with Crippen molar-refractivity contribution < 1.29 is 23.1 Å². The molecule has 0 aliphatic carbocycles. The lowest BCUT2D eigenvalue weighted by molar-refractivity contribution is -0.143. The Morgan fingerprint density at radius 1 is 1.65 bits per heavy atom. The number of aliphatic carboxylic acids is 1. The second-order valence-corrected chi connectivity index (χ2v) is 4.50. The molecule has 1 aromatic rings. The molecule has 0 aliphatic heterocycles. The SMILES string of the molecule is CC(C(=O)O)N(C)Cc1nc(C(F)(F)F)cs1. The molecule has 96 valence electrons. The molecule has 0 saturated carbocycles. The summed E-state index contributed by atoms with van der Waals surface area (Å²) >= 11 is 0.868. The number of halogens is 3. The second kappa shape index (κ2) is 5.01. The van der Waals surface area contributed by atoms with E-state index in [1.807, 2.05) is 0 Å². The largest absolute Gasteiger partial charge is 0.480 e. The summed E-state index contributed by atoms with van der Waals surface area (Å²) < 4.78 is 36.8. The summed E-state index contributed by atoms with van der Waals surface area (Å²) in [4.78, 5) is 15.5. The molecule has 0 saturated heterocycles. The summed E-state index contributed by atoms with van der Waals surface area (Å²) in [6.45, 7) is 1.54. The molecule has 0 spiro atoms. The van der Waals surface area contributed by atoms with Crippen molar-refractivity contribution in [2.75, 3.05) is 7.05 Å². The van der Waals surface area contributed by atoms with E-state index >= 15 is 0 Å². The molecule has 1 rings (SSSR count). The molecule has 1 aromatic heterocycles. The minimum atomic E-state index is -4.45. The highest BCUT2D eigenvalue weighted by Gasteiger charge is 2.33. The average molecular weight is 268 g/mol. The number of carboxylic acids is 1. The molecule has 1 heterocycles. The molecule has 0 bridgehead atoms. The minimum absolute atomic E-state index is 0.0776. The van der Waals surface area contributed by atoms with Crippen LogP contribution in [0.2, 0.25) is 0 Å². The summed E-state index contributed by atoms with van der Waals surface area (Å²) in [6, 6.07) is -0.770. The second-order valence-electron chi connectivity index (χ2n) is 3.55. The van der Waals surface area contributed by atoms with E-state index in [-0.39, 0.29) is 11.6 Å². The highest BCUT2D eigenvalue weighted by atomic mass is 32.1. The van der Waals surface area contributed by atoms with E-state index in [1.165, 1.54) is 18.9 Å². The Labute approximate surface area is 99.7 Å². The van der Waals surface area contributed by atoms with Gasteiger partial charge in [0.1, 0.15) is 11.0 Å². The van der Waals surface area contributed by atoms with Crippen LogP contribution in [0.15, 0.2) is 5.38 Å². The van der Waals surface area contributed by atoms with Crippen LogP contribution in [0.25, 0.3) is 0 Å². The number of rotatable bonds is 4. The first-order valence-corrected chi connectivity index (χ1v) is 5.54. The highest BCUT2D eigenvalue weighted by molar-refractivity contribution is 7.09. The number of alkyl halides is 3. The van der Waals surface area contributed by atoms with E-state index in [0.29, 0.717) is 0 Å². The lowest BCUT2D eigenvalue weighted by Crippen LogP contribution is -2.35. The van der Waals surface area contributed by atoms with Crippen LogP contribution in [-0.2, 0) is 17.5 Å². The zero-order chi connectivity index (χ0) is 13.2. The number of carbonyl (C=O) groups is 1. The maximum Gasteiger partial charge on any atom is 0.434 e. The van der Waals surface area contributed by atoms with Gasteiger partial charge in [-0.3, -0.25) is 9.69 Å². The number of carboxylic acid groups (broad SMARTS) is 1. The van der Waals surface area contributed by atoms with Gasteiger partial charge in [0.05, 0.1) is 6.54 Å². The van der Waals surface area contributed by atoms with Gasteiger partial charge in [0, 0.05) is 5.38 Å². The van der Waals surface area contributed by atoms with Crippen molar-refractivity contribution in [3.05, 3.63) is 16.1 Å². The monoisotopic (exact) mass is 268 g/mol. The fraction of sp³-hybridized carbons (Fsp3) is 0.556. The number of hydrogen-bond donors (Lipinski definition) is 1. The van der Waals surface area contributed by atoms with E-state index in [4.69, 9.17) is 5.11 Å². The van der Waals surface area contributed by atoms with Gasteiger partial charge < -0.3 is 5.11 Å². The first-order valence-electron chi connectivity index (χ1n) is 4.66. The fourth-order valence-electron chi connectivity index (χ4n) is 1.05. The van der Waals surface area contributed by atoms with Crippen molar-refractivity contribution >= 4 is 17.3 Å². The van der Waals surface area contributed by atoms with Gasteiger partial charge >= 0.3 is 12.1 Å². The highest BCUT2D eigenvalue weighted by Crippen LogP contribution is 2.30. The quantitative estimate of drug-likeness (QED) is 0.908. The molecule has 0 fully saturated rings. The van der Waals surface area contributed by atoms with Crippen molar-refractivity contribution in [1.82, 2.24) is 9.88 Å². The summed E-state index contributed by atoms with van der Waals surface area (Å²) in [5.41, 5.74) is -0.936. The molecule has 1 unspecified atom stereocenters. The first-order chi connectivity index (χ1) is 7.71. The Balaban J connectivity index is 2.70. The molecule has 17 heavy (non-hydrogen) atoms. The summed E-state index contributed by atoms with van der Waals surface area (Å²) in [5.74, 6) is -1.03. The lowest BCUT2D eigenvalue weighted by Gasteiger charge is -2.19. The maximum absolute atomic E-state index is 12.3. The molecule has 4 nitrogen and oxygen atoms in total. The predicted molar refractivity (Wildman–Crippen MR) is 55.7 cm³/mol. The van der Waals surface area contributed by atoms with Crippen molar-refractivity contribution in [2.45, 2.75) is 25.7 Å². The van der Waals surface area contributed by atoms with Crippen molar-refractivity contribution in [3.63, 3.8) is 0 Å². The van der Waals surface area contributed by atoms with Crippen LogP contribution in [0.5, 0.6) is 0 Å². The van der Waals surface area contributed by atoms with E-state index in [0.717, 1.165) is 16.7 Å². The third kappa shape index (κ3) is 3.67. The van der Waals surface area contributed by atoms with Gasteiger partial charge in [0.2, 0.25) is 0 Å². The van der Waals surface area contributed by atoms with Gasteiger partial charge in [0.25, 0.3) is 0 Å². The standard InChI is InChI=1S/C9H11F3N2O2S/c1-5(8(15)16)14(2)3-7-13-6(4-17-7)9(10,11)12/h4-5H,3H2,1-2H3,(H,15,16). The zero-order valence-electron chi connectivity index (χ0n) is 9.15. The molecule has 0 radical (unpaired) electrons. The number of nitrogens with zero attached hydrogens (tertiary/aromatic N) is 2. The molecule has 1 N–H and O–H groups in total. The summed E-state index contributed by atoms with van der Waals surface area (Å²) in [6.07, 6.45) is -4.45. The zero-order valence-corrected chi connectivity index (χ0v) is 9.97. The average Bonchev–Trinajstić information content (AvgIpc) is 2.64. The molecule has 0 aliphatic rings. The van der Waals surface area contributed by atoms with Crippen LogP contribution in [0.1, 0.15) is 17.6 Å². The number of aromatic nitrogens is 1. The van der Waals surface area contributed by atoms with Crippen LogP contribution in [0.3, 0.4) is 0 Å². The van der Waals surface area contributed by atoms with Gasteiger partial charge in [-0.1, -0.05) is 0 Å². The molecule has 0 amide bonds. The third-order valence-electron chi connectivity index (χ3n) is 2.25. The number of likely N-dealkylation sites (N-methyl/N-ethyl adjacent to an activating group) is 1. The molecule has 0 aromatic carbocycles. The van der Waals surface area contributed by atoms with Gasteiger partial charge in [-0.15, -0.1) is 11.3 Å². The van der Waals surface area contributed by atoms with Crippen LogP contribution in [0.4, 0.5) is 13.2 Å². The van der Waals surface area contributed by atoms with E-state index in [9.17, 15) is 18.0 Å². The van der Waals surface area contributed by atoms with Crippen LogP contribution < -0.4 is 0 Å². The Hall–Kier alpha value is -1.15. The topological polar surface area (TPSA) is 53.4 Å². The van der Waals surface area contributed by atoms with Gasteiger partial charge in [-0.05, 0) is 14.0 Å². The van der Waals surface area contributed by atoms with Gasteiger partial charge in [0.15, 0.2) is 5.69 Å². The molecule has 1 atom stereocenters. The Morgan fingerprint density at radius 2 is 2.24 bits per heavy atom. The van der Waals surface area contributed by atoms with E-state index in [1.54, 1.807) is 0 Å². The Morgan fingerprint density at radius 3 is 2.65 bits per heavy atom. The molecular weight excluding hydrogens is 257 g/mol. The summed E-state index contributed by atoms with van der Waals surface area (Å²) in [5, 5.41) is 9.89. The molecular formula is C9H11F3N2O2S. The van der Waals surface area contributed by atoms with E-state index < -0.39 is 23.9 Å². The minimum Gasteiger partial charge on any atom is -0.480 e. The fourth-order valence-corrected chi connectivity index (χ4v) is 1.92. The van der Waals surface area contributed by atoms with E-state index in [2.05, 4.69) is 4.98 Å². The maximum atomic E-state index is 12.3. The normalized spacial score (nSPS) is 14.0. The van der Waals surface area contributed by atoms with Gasteiger partial charge in [-0.25, -0.2) is 4.98 Å². The predicted octanol–water partition coefficient (Wildman–Crippen LogP) is 2.07. The number of hydrogen-bond acceptors (Lipinski definition) is 4. The van der Waals surface area contributed by atoms with Crippen LogP contribution >= 0.6 is 11.3 Å². The number of thiazole rings is 1. The van der Waals surface area contributed by atoms with Crippen molar-refractivity contribution in [2.24, 2.45) is 0 Å². The van der Waals surface area contributed by atoms with Crippen LogP contribution in [0, 0.1) is 0 Å². The Kier molecular flexibility index (Phi) is 4.10. The smallest absolute Gasteiger partial charge is 0.434 e.